The molecule has 1 heterocycles. The molecule has 1 saturated heterocycles. The third-order valence-electron chi connectivity index (χ3n) is 5.04. The highest BCUT2D eigenvalue weighted by Crippen LogP contribution is 2.37. The van der Waals surface area contributed by atoms with Gasteiger partial charge in [-0.05, 0) is 38.0 Å². The maximum Gasteiger partial charge on any atom is 0.279 e. The van der Waals surface area contributed by atoms with Gasteiger partial charge in [-0.15, -0.1) is 0 Å². The molecule has 2 aliphatic rings. The molecule has 1 aromatic rings. The summed E-state index contributed by atoms with van der Waals surface area (Å²) in [4.78, 5) is 50.0. The Kier molecular flexibility index (Phi) is 6.33. The van der Waals surface area contributed by atoms with Crippen LogP contribution in [0.5, 0.6) is 5.75 Å². The molecule has 2 fully saturated rings. The van der Waals surface area contributed by atoms with Crippen LogP contribution >= 0.6 is 15.9 Å². The van der Waals surface area contributed by atoms with Crippen LogP contribution in [0.3, 0.4) is 0 Å². The van der Waals surface area contributed by atoms with Gasteiger partial charge in [0.25, 0.3) is 11.8 Å². The van der Waals surface area contributed by atoms with E-state index in [1.165, 1.54) is 0 Å². The van der Waals surface area contributed by atoms with Gasteiger partial charge >= 0.3 is 0 Å². The topological polar surface area (TPSA) is 105 Å². The summed E-state index contributed by atoms with van der Waals surface area (Å²) in [5.74, 6) is -1.88. The number of hydrogen-bond donors (Lipinski definition) is 2. The average Bonchev–Trinajstić information content (AvgIpc) is 2.91. The Labute approximate surface area is 171 Å². The van der Waals surface area contributed by atoms with E-state index in [1.54, 1.807) is 25.1 Å². The Morgan fingerprint density at radius 3 is 2.43 bits per heavy atom. The van der Waals surface area contributed by atoms with Gasteiger partial charge in [0.1, 0.15) is 12.3 Å². The zero-order chi connectivity index (χ0) is 20.3. The van der Waals surface area contributed by atoms with Gasteiger partial charge in [-0.25, -0.2) is 0 Å². The zero-order valence-electron chi connectivity index (χ0n) is 15.4. The van der Waals surface area contributed by atoms with Crippen LogP contribution in [0.25, 0.3) is 0 Å². The van der Waals surface area contributed by atoms with E-state index in [2.05, 4.69) is 26.8 Å². The number of carbonyl (C=O) groups excluding carboxylic acids is 4. The fraction of sp³-hybridized carbons (Fsp3) is 0.474. The normalized spacial score (nSPS) is 22.4. The summed E-state index contributed by atoms with van der Waals surface area (Å²) in [7, 11) is 0. The minimum Gasteiger partial charge on any atom is -0.481 e. The number of benzene rings is 1. The van der Waals surface area contributed by atoms with Crippen LogP contribution in [0.15, 0.2) is 28.7 Å². The molecule has 1 aliphatic carbocycles. The molecular weight excluding hydrogens is 430 g/mol. The van der Waals surface area contributed by atoms with E-state index in [9.17, 15) is 19.2 Å². The lowest BCUT2D eigenvalue weighted by molar-refractivity contribution is -0.144. The van der Waals surface area contributed by atoms with E-state index in [-0.39, 0.29) is 23.7 Å². The number of carbonyl (C=O) groups is 4. The van der Waals surface area contributed by atoms with Crippen molar-refractivity contribution >= 4 is 39.6 Å². The number of nitrogens with zero attached hydrogens (tertiary/aromatic N) is 1. The number of imide groups is 1. The molecule has 9 heteroatoms. The molecule has 0 bridgehead atoms. The van der Waals surface area contributed by atoms with Crippen molar-refractivity contribution in [3.05, 3.63) is 28.7 Å². The molecule has 150 valence electrons. The summed E-state index contributed by atoms with van der Waals surface area (Å²) >= 11 is 3.32. The molecule has 1 saturated carbocycles. The molecule has 4 amide bonds. The Bertz CT molecular complexity index is 776. The molecule has 1 aromatic carbocycles. The molecule has 3 unspecified atom stereocenters. The predicted molar refractivity (Wildman–Crippen MR) is 103 cm³/mol. The zero-order valence-corrected chi connectivity index (χ0v) is 17.0. The molecular formula is C19H22BrN3O5. The molecule has 28 heavy (non-hydrogen) atoms. The van der Waals surface area contributed by atoms with Gasteiger partial charge in [-0.1, -0.05) is 34.8 Å². The van der Waals surface area contributed by atoms with E-state index in [0.29, 0.717) is 18.6 Å². The van der Waals surface area contributed by atoms with Gasteiger partial charge < -0.3 is 4.74 Å². The van der Waals surface area contributed by atoms with Gasteiger partial charge in [0, 0.05) is 4.47 Å². The molecule has 2 N–H and O–H groups in total. The van der Waals surface area contributed by atoms with Crippen LogP contribution < -0.4 is 15.6 Å². The molecule has 3 rings (SSSR count). The quantitative estimate of drug-likeness (QED) is 0.521. The summed E-state index contributed by atoms with van der Waals surface area (Å²) in [5.41, 5.74) is 4.49. The second-order valence-corrected chi connectivity index (χ2v) is 7.93. The Morgan fingerprint density at radius 1 is 1.18 bits per heavy atom. The monoisotopic (exact) mass is 451 g/mol. The number of amides is 4. The van der Waals surface area contributed by atoms with Gasteiger partial charge in [0.2, 0.25) is 11.8 Å². The standard InChI is InChI=1S/C19H22BrN3O5/c1-11(28-13-6-4-5-12(20)9-13)17(25)22-21-16(24)10-23-18(26)14-7-2-3-8-15(14)19(23)27/h4-6,9,11,14-15H,2-3,7-8,10H2,1H3,(H,21,24)(H,22,25). The highest BCUT2D eigenvalue weighted by molar-refractivity contribution is 9.10. The summed E-state index contributed by atoms with van der Waals surface area (Å²) in [6.07, 6.45) is 2.37. The summed E-state index contributed by atoms with van der Waals surface area (Å²) in [6.45, 7) is 1.15. The van der Waals surface area contributed by atoms with Gasteiger partial charge in [-0.2, -0.15) is 0 Å². The minimum atomic E-state index is -0.854. The first-order chi connectivity index (χ1) is 13.4. The first-order valence-corrected chi connectivity index (χ1v) is 10.0. The van der Waals surface area contributed by atoms with Crippen LogP contribution in [-0.4, -0.2) is 41.2 Å². The first-order valence-electron chi connectivity index (χ1n) is 9.23. The lowest BCUT2D eigenvalue weighted by Gasteiger charge is -2.19. The molecule has 1 aliphatic heterocycles. The van der Waals surface area contributed by atoms with Crippen LogP contribution in [0.4, 0.5) is 0 Å². The van der Waals surface area contributed by atoms with E-state index in [0.717, 1.165) is 22.2 Å². The van der Waals surface area contributed by atoms with E-state index in [4.69, 9.17) is 4.74 Å². The van der Waals surface area contributed by atoms with E-state index in [1.807, 2.05) is 6.07 Å². The number of rotatable bonds is 5. The van der Waals surface area contributed by atoms with Gasteiger partial charge in [-0.3, -0.25) is 34.9 Å². The number of hydrogen-bond acceptors (Lipinski definition) is 5. The predicted octanol–water partition coefficient (Wildman–Crippen LogP) is 1.54. The highest BCUT2D eigenvalue weighted by atomic mass is 79.9. The second-order valence-electron chi connectivity index (χ2n) is 7.01. The fourth-order valence-electron chi connectivity index (χ4n) is 3.60. The largest absolute Gasteiger partial charge is 0.481 e. The first kappa shape index (κ1) is 20.3. The summed E-state index contributed by atoms with van der Waals surface area (Å²) in [5, 5.41) is 0. The van der Waals surface area contributed by atoms with Crippen LogP contribution in [0.1, 0.15) is 32.6 Å². The summed E-state index contributed by atoms with van der Waals surface area (Å²) in [6, 6.07) is 7.02. The van der Waals surface area contributed by atoms with Crippen molar-refractivity contribution in [2.45, 2.75) is 38.7 Å². The van der Waals surface area contributed by atoms with Crippen molar-refractivity contribution in [1.82, 2.24) is 15.8 Å². The maximum absolute atomic E-state index is 12.4. The molecule has 0 radical (unpaired) electrons. The molecule has 8 nitrogen and oxygen atoms in total. The third-order valence-corrected chi connectivity index (χ3v) is 5.53. The number of hydrazine groups is 1. The lowest BCUT2D eigenvalue weighted by Crippen LogP contribution is -2.50. The van der Waals surface area contributed by atoms with Crippen LogP contribution in [-0.2, 0) is 19.2 Å². The van der Waals surface area contributed by atoms with Crippen molar-refractivity contribution in [2.24, 2.45) is 11.8 Å². The van der Waals surface area contributed by atoms with Crippen molar-refractivity contribution in [3.8, 4) is 5.75 Å². The maximum atomic E-state index is 12.4. The minimum absolute atomic E-state index is 0.289. The van der Waals surface area contributed by atoms with E-state index >= 15 is 0 Å². The number of nitrogens with one attached hydrogen (secondary N) is 2. The smallest absolute Gasteiger partial charge is 0.279 e. The molecule has 3 atom stereocenters. The Hall–Kier alpha value is -2.42. The van der Waals surface area contributed by atoms with Crippen molar-refractivity contribution in [3.63, 3.8) is 0 Å². The third kappa shape index (κ3) is 4.52. The highest BCUT2D eigenvalue weighted by Gasteiger charge is 2.48. The number of halogens is 1. The van der Waals surface area contributed by atoms with E-state index < -0.39 is 24.5 Å². The summed E-state index contributed by atoms with van der Waals surface area (Å²) < 4.78 is 6.32. The second kappa shape index (κ2) is 8.72. The Balaban J connectivity index is 1.48. The average molecular weight is 452 g/mol. The lowest BCUT2D eigenvalue weighted by atomic mass is 9.81. The molecule has 0 aromatic heterocycles. The van der Waals surface area contributed by atoms with Crippen molar-refractivity contribution in [2.75, 3.05) is 6.54 Å². The fourth-order valence-corrected chi connectivity index (χ4v) is 3.98. The SMILES string of the molecule is CC(Oc1cccc(Br)c1)C(=O)NNC(=O)CN1C(=O)C2CCCCC2C1=O. The number of fused-ring (bicyclic) bond motifs is 1. The van der Waals surface area contributed by atoms with Gasteiger partial charge in [0.15, 0.2) is 6.10 Å². The Morgan fingerprint density at radius 2 is 1.82 bits per heavy atom. The van der Waals surface area contributed by atoms with Crippen LogP contribution in [0, 0.1) is 11.8 Å². The van der Waals surface area contributed by atoms with Gasteiger partial charge in [0.05, 0.1) is 11.8 Å². The number of likely N-dealkylation sites (tertiary alicyclic amines) is 1. The molecule has 0 spiro atoms. The van der Waals surface area contributed by atoms with Crippen molar-refractivity contribution < 1.29 is 23.9 Å². The number of ether oxygens (including phenoxy) is 1. The van der Waals surface area contributed by atoms with Crippen LogP contribution in [0.2, 0.25) is 0 Å². The van der Waals surface area contributed by atoms with Crippen molar-refractivity contribution in [1.29, 1.82) is 0 Å².